The zero-order valence-electron chi connectivity index (χ0n) is 22.8. The quantitative estimate of drug-likeness (QED) is 0.371. The molecule has 196 valence electrons. The fraction of sp³-hybridized carbons (Fsp3) is 0.581. The van der Waals surface area contributed by atoms with Gasteiger partial charge < -0.3 is 15.4 Å². The van der Waals surface area contributed by atoms with Crippen molar-refractivity contribution in [1.29, 1.82) is 0 Å². The van der Waals surface area contributed by atoms with Crippen molar-refractivity contribution in [2.75, 3.05) is 50.8 Å². The molecular formula is C31H45N3O2. The number of carbonyl (C=O) groups excluding carboxylic acids is 1. The normalized spacial score (nSPS) is 19.1. The number of unbranched alkanes of at least 4 members (excludes halogenated alkanes) is 2. The average molecular weight is 492 g/mol. The molecule has 5 nitrogen and oxygen atoms in total. The van der Waals surface area contributed by atoms with Crippen molar-refractivity contribution in [2.24, 2.45) is 5.73 Å². The van der Waals surface area contributed by atoms with Gasteiger partial charge in [-0.05, 0) is 83.9 Å². The Bertz CT molecular complexity index is 1040. The number of hydrogen-bond acceptors (Lipinski definition) is 5. The lowest BCUT2D eigenvalue weighted by Gasteiger charge is -2.42. The van der Waals surface area contributed by atoms with Crippen molar-refractivity contribution in [1.82, 2.24) is 4.90 Å². The minimum absolute atomic E-state index is 0.0307. The molecule has 5 heteroatoms. The standard InChI is InChI=1S/C31H45N3O2/c1-30(2)13-14-31(3,4)28-22-25(11-12-27(28)30)24-9-8-10-26(21-24)34-18-16-33(17-19-34)15-6-5-7-20-36-29(35)23-32/h8-12,21-22H,5-7,13-20,23,32H2,1-4H3. The maximum atomic E-state index is 11.1. The molecule has 0 unspecified atom stereocenters. The Labute approximate surface area is 218 Å². The highest BCUT2D eigenvalue weighted by atomic mass is 16.5. The molecule has 1 fully saturated rings. The number of piperazine rings is 1. The van der Waals surface area contributed by atoms with E-state index in [9.17, 15) is 4.79 Å². The summed E-state index contributed by atoms with van der Waals surface area (Å²) in [5.74, 6) is -0.311. The molecule has 1 aliphatic heterocycles. The molecular weight excluding hydrogens is 446 g/mol. The van der Waals surface area contributed by atoms with Crippen LogP contribution in [-0.4, -0.2) is 56.7 Å². The molecule has 0 atom stereocenters. The lowest BCUT2D eigenvalue weighted by Crippen LogP contribution is -2.46. The van der Waals surface area contributed by atoms with Crippen molar-refractivity contribution >= 4 is 11.7 Å². The molecule has 2 aromatic carbocycles. The van der Waals surface area contributed by atoms with Crippen LogP contribution in [0.3, 0.4) is 0 Å². The summed E-state index contributed by atoms with van der Waals surface area (Å²) in [6, 6.07) is 16.3. The molecule has 0 spiro atoms. The Morgan fingerprint density at radius 3 is 2.28 bits per heavy atom. The average Bonchev–Trinajstić information content (AvgIpc) is 2.89. The van der Waals surface area contributed by atoms with Gasteiger partial charge in [-0.2, -0.15) is 0 Å². The predicted molar refractivity (Wildman–Crippen MR) is 150 cm³/mol. The first-order valence-electron chi connectivity index (χ1n) is 13.8. The summed E-state index contributed by atoms with van der Waals surface area (Å²) in [4.78, 5) is 16.2. The number of benzene rings is 2. The van der Waals surface area contributed by atoms with E-state index >= 15 is 0 Å². The van der Waals surface area contributed by atoms with Gasteiger partial charge in [-0.15, -0.1) is 0 Å². The summed E-state index contributed by atoms with van der Waals surface area (Å²) in [6.45, 7) is 15.4. The second-order valence-corrected chi connectivity index (χ2v) is 11.9. The summed E-state index contributed by atoms with van der Waals surface area (Å²) in [5.41, 5.74) is 12.7. The third-order valence-electron chi connectivity index (χ3n) is 8.32. The molecule has 2 aliphatic rings. The minimum atomic E-state index is -0.311. The first-order chi connectivity index (χ1) is 17.2. The van der Waals surface area contributed by atoms with Gasteiger partial charge in [0.05, 0.1) is 13.2 Å². The molecule has 0 radical (unpaired) electrons. The fourth-order valence-electron chi connectivity index (χ4n) is 5.74. The molecule has 0 aromatic heterocycles. The SMILES string of the molecule is CC1(C)CCC(C)(C)c2cc(-c3cccc(N4CCN(CCCCCOC(=O)CN)CC4)c3)ccc21. The Balaban J connectivity index is 1.33. The van der Waals surface area contributed by atoms with Gasteiger partial charge in [-0.3, -0.25) is 9.69 Å². The zero-order valence-corrected chi connectivity index (χ0v) is 22.8. The van der Waals surface area contributed by atoms with Crippen LogP contribution in [0.25, 0.3) is 11.1 Å². The predicted octanol–water partition coefficient (Wildman–Crippen LogP) is 5.50. The van der Waals surface area contributed by atoms with Crippen molar-refractivity contribution in [3.05, 3.63) is 53.6 Å². The highest BCUT2D eigenvalue weighted by Gasteiger charge is 2.37. The molecule has 0 amide bonds. The number of anilines is 1. The smallest absolute Gasteiger partial charge is 0.319 e. The lowest BCUT2D eigenvalue weighted by atomic mass is 9.63. The van der Waals surface area contributed by atoms with E-state index in [-0.39, 0.29) is 23.3 Å². The molecule has 2 aromatic rings. The van der Waals surface area contributed by atoms with Gasteiger partial charge in [0.1, 0.15) is 0 Å². The summed E-state index contributed by atoms with van der Waals surface area (Å²) < 4.78 is 5.05. The van der Waals surface area contributed by atoms with E-state index in [0.29, 0.717) is 6.61 Å². The van der Waals surface area contributed by atoms with E-state index in [2.05, 4.69) is 80.0 Å². The van der Waals surface area contributed by atoms with Crippen LogP contribution in [0.5, 0.6) is 0 Å². The summed E-state index contributed by atoms with van der Waals surface area (Å²) in [6.07, 6.45) is 5.62. The number of nitrogens with two attached hydrogens (primary N) is 1. The van der Waals surface area contributed by atoms with Crippen molar-refractivity contribution in [3.8, 4) is 11.1 Å². The molecule has 1 saturated heterocycles. The number of fused-ring (bicyclic) bond motifs is 1. The summed E-state index contributed by atoms with van der Waals surface area (Å²) in [7, 11) is 0. The van der Waals surface area contributed by atoms with Gasteiger partial charge >= 0.3 is 5.97 Å². The molecule has 1 aliphatic carbocycles. The molecule has 0 bridgehead atoms. The highest BCUT2D eigenvalue weighted by Crippen LogP contribution is 2.46. The number of ether oxygens (including phenoxy) is 1. The first kappa shape index (κ1) is 26.7. The second-order valence-electron chi connectivity index (χ2n) is 11.9. The van der Waals surface area contributed by atoms with E-state index < -0.39 is 0 Å². The third-order valence-corrected chi connectivity index (χ3v) is 8.32. The summed E-state index contributed by atoms with van der Waals surface area (Å²) >= 11 is 0. The maximum absolute atomic E-state index is 11.1. The van der Waals surface area contributed by atoms with Crippen LogP contribution in [0.2, 0.25) is 0 Å². The van der Waals surface area contributed by atoms with Gasteiger partial charge in [0.25, 0.3) is 0 Å². The number of nitrogens with zero attached hydrogens (tertiary/aromatic N) is 2. The van der Waals surface area contributed by atoms with Crippen LogP contribution in [0.15, 0.2) is 42.5 Å². The van der Waals surface area contributed by atoms with Crippen LogP contribution in [-0.2, 0) is 20.4 Å². The number of carbonyl (C=O) groups is 1. The van der Waals surface area contributed by atoms with E-state index in [1.807, 2.05) is 0 Å². The van der Waals surface area contributed by atoms with Gasteiger partial charge in [0.15, 0.2) is 0 Å². The van der Waals surface area contributed by atoms with Crippen LogP contribution < -0.4 is 10.6 Å². The van der Waals surface area contributed by atoms with Gasteiger partial charge in [-0.1, -0.05) is 58.0 Å². The minimum Gasteiger partial charge on any atom is -0.465 e. The Morgan fingerprint density at radius 2 is 1.56 bits per heavy atom. The number of esters is 1. The largest absolute Gasteiger partial charge is 0.465 e. The number of hydrogen-bond donors (Lipinski definition) is 1. The molecule has 0 saturated carbocycles. The lowest BCUT2D eigenvalue weighted by molar-refractivity contribution is -0.142. The third kappa shape index (κ3) is 6.30. The van der Waals surface area contributed by atoms with Gasteiger partial charge in [0, 0.05) is 31.9 Å². The molecule has 36 heavy (non-hydrogen) atoms. The Hall–Kier alpha value is -2.37. The zero-order chi connectivity index (χ0) is 25.8. The van der Waals surface area contributed by atoms with Crippen LogP contribution in [0, 0.1) is 0 Å². The first-order valence-corrected chi connectivity index (χ1v) is 13.8. The van der Waals surface area contributed by atoms with Crippen molar-refractivity contribution in [3.63, 3.8) is 0 Å². The fourth-order valence-corrected chi connectivity index (χ4v) is 5.74. The van der Waals surface area contributed by atoms with E-state index in [1.54, 1.807) is 0 Å². The van der Waals surface area contributed by atoms with E-state index in [0.717, 1.165) is 52.0 Å². The van der Waals surface area contributed by atoms with Gasteiger partial charge in [-0.25, -0.2) is 0 Å². The molecule has 1 heterocycles. The topological polar surface area (TPSA) is 58.8 Å². The van der Waals surface area contributed by atoms with Crippen LogP contribution >= 0.6 is 0 Å². The van der Waals surface area contributed by atoms with Gasteiger partial charge in [0.2, 0.25) is 0 Å². The monoisotopic (exact) mass is 491 g/mol. The van der Waals surface area contributed by atoms with Crippen LogP contribution in [0.4, 0.5) is 5.69 Å². The van der Waals surface area contributed by atoms with E-state index in [1.165, 1.54) is 40.8 Å². The summed E-state index contributed by atoms with van der Waals surface area (Å²) in [5, 5.41) is 0. The number of rotatable bonds is 9. The second kappa shape index (κ2) is 11.4. The van der Waals surface area contributed by atoms with Crippen LogP contribution in [0.1, 0.15) is 70.9 Å². The highest BCUT2D eigenvalue weighted by molar-refractivity contribution is 5.71. The Morgan fingerprint density at radius 1 is 0.861 bits per heavy atom. The van der Waals surface area contributed by atoms with E-state index in [4.69, 9.17) is 10.5 Å². The van der Waals surface area contributed by atoms with Crippen molar-refractivity contribution in [2.45, 2.75) is 70.6 Å². The molecule has 4 rings (SSSR count). The molecule has 2 N–H and O–H groups in total. The Kier molecular flexibility index (Phi) is 8.41. The maximum Gasteiger partial charge on any atom is 0.319 e. The van der Waals surface area contributed by atoms with Crippen molar-refractivity contribution < 1.29 is 9.53 Å².